The van der Waals surface area contributed by atoms with Crippen LogP contribution in [0.3, 0.4) is 0 Å². The van der Waals surface area contributed by atoms with E-state index in [9.17, 15) is 9.59 Å². The SMILES string of the molecule is CC(C)C(=O)N1CCC[C@@H](C(=O)NCc2ccccc2CN(C)C)C1. The van der Waals surface area contributed by atoms with Crippen LogP contribution in [-0.2, 0) is 22.7 Å². The third-order valence-electron chi connectivity index (χ3n) is 4.66. The zero-order valence-corrected chi connectivity index (χ0v) is 15.9. The number of hydrogen-bond acceptors (Lipinski definition) is 3. The summed E-state index contributed by atoms with van der Waals surface area (Å²) in [5.74, 6) is 0.0897. The van der Waals surface area contributed by atoms with Gasteiger partial charge in [-0.05, 0) is 38.1 Å². The smallest absolute Gasteiger partial charge is 0.225 e. The van der Waals surface area contributed by atoms with Gasteiger partial charge >= 0.3 is 0 Å². The second-order valence-electron chi connectivity index (χ2n) is 7.50. The molecule has 5 heteroatoms. The molecular weight excluding hydrogens is 314 g/mol. The fourth-order valence-corrected chi connectivity index (χ4v) is 3.31. The Hall–Kier alpha value is -1.88. The Bertz CT molecular complexity index is 598. The number of likely N-dealkylation sites (tertiary alicyclic amines) is 1. The summed E-state index contributed by atoms with van der Waals surface area (Å²) in [7, 11) is 4.08. The summed E-state index contributed by atoms with van der Waals surface area (Å²) in [6.07, 6.45) is 1.75. The van der Waals surface area contributed by atoms with E-state index in [1.54, 1.807) is 0 Å². The van der Waals surface area contributed by atoms with Crippen LogP contribution < -0.4 is 5.32 Å². The molecule has 1 heterocycles. The highest BCUT2D eigenvalue weighted by atomic mass is 16.2. The summed E-state index contributed by atoms with van der Waals surface area (Å²) in [6, 6.07) is 8.20. The maximum Gasteiger partial charge on any atom is 0.225 e. The quantitative estimate of drug-likeness (QED) is 0.860. The predicted molar refractivity (Wildman–Crippen MR) is 99.8 cm³/mol. The van der Waals surface area contributed by atoms with Crippen molar-refractivity contribution in [1.29, 1.82) is 0 Å². The van der Waals surface area contributed by atoms with E-state index in [0.29, 0.717) is 13.1 Å². The average Bonchev–Trinajstić information content (AvgIpc) is 2.59. The molecule has 2 amide bonds. The number of rotatable bonds is 6. The van der Waals surface area contributed by atoms with Crippen molar-refractivity contribution in [3.8, 4) is 0 Å². The average molecular weight is 345 g/mol. The van der Waals surface area contributed by atoms with Gasteiger partial charge in [-0.1, -0.05) is 38.1 Å². The lowest BCUT2D eigenvalue weighted by Crippen LogP contribution is -2.46. The number of benzene rings is 1. The minimum absolute atomic E-state index is 0.0141. The second-order valence-corrected chi connectivity index (χ2v) is 7.50. The van der Waals surface area contributed by atoms with E-state index < -0.39 is 0 Å². The van der Waals surface area contributed by atoms with Crippen molar-refractivity contribution in [2.24, 2.45) is 11.8 Å². The number of nitrogens with zero attached hydrogens (tertiary/aromatic N) is 2. The van der Waals surface area contributed by atoms with E-state index in [1.807, 2.05) is 45.0 Å². The predicted octanol–water partition coefficient (Wildman–Crippen LogP) is 2.26. The Labute approximate surface area is 151 Å². The van der Waals surface area contributed by atoms with E-state index in [2.05, 4.69) is 22.3 Å². The highest BCUT2D eigenvalue weighted by Crippen LogP contribution is 2.19. The molecule has 1 aromatic carbocycles. The van der Waals surface area contributed by atoms with Gasteiger partial charge in [0.15, 0.2) is 0 Å². The van der Waals surface area contributed by atoms with Crippen LogP contribution in [0.1, 0.15) is 37.8 Å². The molecule has 25 heavy (non-hydrogen) atoms. The molecule has 1 saturated heterocycles. The number of nitrogens with one attached hydrogen (secondary N) is 1. The Morgan fingerprint density at radius 3 is 2.56 bits per heavy atom. The number of carbonyl (C=O) groups excluding carboxylic acids is 2. The molecule has 0 unspecified atom stereocenters. The lowest BCUT2D eigenvalue weighted by atomic mass is 9.96. The van der Waals surface area contributed by atoms with Crippen molar-refractivity contribution in [3.63, 3.8) is 0 Å². The van der Waals surface area contributed by atoms with E-state index in [0.717, 1.165) is 31.5 Å². The Balaban J connectivity index is 1.93. The highest BCUT2D eigenvalue weighted by molar-refractivity contribution is 5.82. The van der Waals surface area contributed by atoms with Gasteiger partial charge in [0.2, 0.25) is 11.8 Å². The van der Waals surface area contributed by atoms with Gasteiger partial charge in [-0.25, -0.2) is 0 Å². The molecule has 1 fully saturated rings. The van der Waals surface area contributed by atoms with E-state index in [1.165, 1.54) is 5.56 Å². The highest BCUT2D eigenvalue weighted by Gasteiger charge is 2.29. The fraction of sp³-hybridized carbons (Fsp3) is 0.600. The lowest BCUT2D eigenvalue weighted by Gasteiger charge is -2.33. The van der Waals surface area contributed by atoms with Gasteiger partial charge in [-0.15, -0.1) is 0 Å². The van der Waals surface area contributed by atoms with Crippen molar-refractivity contribution in [2.45, 2.75) is 39.8 Å². The van der Waals surface area contributed by atoms with Crippen LogP contribution in [0.25, 0.3) is 0 Å². The molecule has 2 rings (SSSR count). The number of piperidine rings is 1. The first-order valence-corrected chi connectivity index (χ1v) is 9.16. The summed E-state index contributed by atoms with van der Waals surface area (Å²) in [4.78, 5) is 28.7. The van der Waals surface area contributed by atoms with Gasteiger partial charge < -0.3 is 15.1 Å². The molecule has 0 bridgehead atoms. The first-order valence-electron chi connectivity index (χ1n) is 9.16. The van der Waals surface area contributed by atoms with Crippen LogP contribution in [0.2, 0.25) is 0 Å². The molecule has 0 spiro atoms. The molecule has 0 radical (unpaired) electrons. The van der Waals surface area contributed by atoms with Crippen LogP contribution in [0.15, 0.2) is 24.3 Å². The molecule has 0 aromatic heterocycles. The molecule has 5 nitrogen and oxygen atoms in total. The van der Waals surface area contributed by atoms with Crippen LogP contribution in [-0.4, -0.2) is 48.8 Å². The zero-order chi connectivity index (χ0) is 18.4. The lowest BCUT2D eigenvalue weighted by molar-refractivity contribution is -0.138. The Kier molecular flexibility index (Phi) is 7.00. The molecule has 0 saturated carbocycles. The second kappa shape index (κ2) is 8.99. The van der Waals surface area contributed by atoms with Gasteiger partial charge in [0.05, 0.1) is 5.92 Å². The van der Waals surface area contributed by atoms with Crippen LogP contribution in [0.5, 0.6) is 0 Å². The van der Waals surface area contributed by atoms with E-state index in [-0.39, 0.29) is 23.7 Å². The number of carbonyl (C=O) groups is 2. The van der Waals surface area contributed by atoms with Crippen molar-refractivity contribution in [1.82, 2.24) is 15.1 Å². The minimum Gasteiger partial charge on any atom is -0.352 e. The topological polar surface area (TPSA) is 52.7 Å². The maximum absolute atomic E-state index is 12.6. The summed E-state index contributed by atoms with van der Waals surface area (Å²) in [6.45, 7) is 6.53. The van der Waals surface area contributed by atoms with Crippen LogP contribution in [0.4, 0.5) is 0 Å². The molecule has 1 aromatic rings. The van der Waals surface area contributed by atoms with E-state index >= 15 is 0 Å². The van der Waals surface area contributed by atoms with Gasteiger partial charge in [0.25, 0.3) is 0 Å². The van der Waals surface area contributed by atoms with E-state index in [4.69, 9.17) is 0 Å². The first kappa shape index (κ1) is 19.4. The zero-order valence-electron chi connectivity index (χ0n) is 15.9. The molecule has 1 aliphatic heterocycles. The van der Waals surface area contributed by atoms with Crippen molar-refractivity contribution in [3.05, 3.63) is 35.4 Å². The largest absolute Gasteiger partial charge is 0.352 e. The normalized spacial score (nSPS) is 17.8. The summed E-state index contributed by atoms with van der Waals surface area (Å²) in [5.41, 5.74) is 2.38. The third kappa shape index (κ3) is 5.56. The third-order valence-corrected chi connectivity index (χ3v) is 4.66. The number of amides is 2. The van der Waals surface area contributed by atoms with Crippen LogP contribution in [0, 0.1) is 11.8 Å². The molecule has 0 aliphatic carbocycles. The summed E-state index contributed by atoms with van der Waals surface area (Å²) < 4.78 is 0. The first-order chi connectivity index (χ1) is 11.9. The van der Waals surface area contributed by atoms with Crippen LogP contribution >= 0.6 is 0 Å². The Morgan fingerprint density at radius 2 is 1.92 bits per heavy atom. The fourth-order valence-electron chi connectivity index (χ4n) is 3.31. The van der Waals surface area contributed by atoms with Gasteiger partial charge in [0.1, 0.15) is 0 Å². The van der Waals surface area contributed by atoms with Gasteiger partial charge in [-0.3, -0.25) is 9.59 Å². The minimum atomic E-state index is -0.0996. The van der Waals surface area contributed by atoms with Crippen molar-refractivity contribution >= 4 is 11.8 Å². The van der Waals surface area contributed by atoms with Crippen molar-refractivity contribution in [2.75, 3.05) is 27.2 Å². The maximum atomic E-state index is 12.6. The van der Waals surface area contributed by atoms with Crippen molar-refractivity contribution < 1.29 is 9.59 Å². The molecule has 1 aliphatic rings. The molecule has 138 valence electrons. The monoisotopic (exact) mass is 345 g/mol. The van der Waals surface area contributed by atoms with Gasteiger partial charge in [-0.2, -0.15) is 0 Å². The summed E-state index contributed by atoms with van der Waals surface area (Å²) in [5, 5.41) is 3.08. The molecular formula is C20H31N3O2. The number of hydrogen-bond donors (Lipinski definition) is 1. The van der Waals surface area contributed by atoms with Gasteiger partial charge in [0, 0.05) is 32.1 Å². The Morgan fingerprint density at radius 1 is 1.24 bits per heavy atom. The molecule has 1 N–H and O–H groups in total. The molecule has 1 atom stereocenters. The standard InChI is InChI=1S/C20H31N3O2/c1-15(2)20(25)23-11-7-10-18(14-23)19(24)21-12-16-8-5-6-9-17(16)13-22(3)4/h5-6,8-9,15,18H,7,10-14H2,1-4H3,(H,21,24)/t18-/m1/s1. The summed E-state index contributed by atoms with van der Waals surface area (Å²) >= 11 is 0.